The molecule has 1 N–H and O–H groups in total. The summed E-state index contributed by atoms with van der Waals surface area (Å²) < 4.78 is 76.5. The highest BCUT2D eigenvalue weighted by molar-refractivity contribution is 7.92. The molecule has 0 saturated carbocycles. The largest absolute Gasteiger partial charge is 0.493 e. The highest BCUT2D eigenvalue weighted by atomic mass is 35.5. The first-order valence-electron chi connectivity index (χ1n) is 9.93. The smallest absolute Gasteiger partial charge is 0.416 e. The minimum absolute atomic E-state index is 0.0718. The Kier molecular flexibility index (Phi) is 7.81. The molecule has 0 aliphatic carbocycles. The zero-order chi connectivity index (χ0) is 25.8. The van der Waals surface area contributed by atoms with Crippen LogP contribution in [0.15, 0.2) is 71.6 Å². The van der Waals surface area contributed by atoms with Gasteiger partial charge < -0.3 is 14.8 Å². The fraction of sp³-hybridized carbons (Fsp3) is 0.174. The van der Waals surface area contributed by atoms with Crippen LogP contribution >= 0.6 is 11.6 Å². The molecule has 0 saturated heterocycles. The third-order valence-electron chi connectivity index (χ3n) is 4.84. The van der Waals surface area contributed by atoms with Crippen molar-refractivity contribution in [2.24, 2.45) is 0 Å². The first kappa shape index (κ1) is 26.2. The van der Waals surface area contributed by atoms with E-state index < -0.39 is 34.2 Å². The van der Waals surface area contributed by atoms with E-state index in [0.717, 1.165) is 28.6 Å². The second kappa shape index (κ2) is 10.4. The fourth-order valence-electron chi connectivity index (χ4n) is 3.10. The van der Waals surface area contributed by atoms with E-state index in [1.54, 1.807) is 0 Å². The molecule has 35 heavy (non-hydrogen) atoms. The number of carbonyl (C=O) groups is 1. The second-order valence-corrected chi connectivity index (χ2v) is 9.43. The molecule has 12 heteroatoms. The lowest BCUT2D eigenvalue weighted by molar-refractivity contribution is -0.137. The van der Waals surface area contributed by atoms with E-state index in [-0.39, 0.29) is 22.0 Å². The lowest BCUT2D eigenvalue weighted by Gasteiger charge is -2.24. The van der Waals surface area contributed by atoms with Gasteiger partial charge in [0.2, 0.25) is 5.91 Å². The Morgan fingerprint density at radius 3 is 2.09 bits per heavy atom. The third-order valence-corrected chi connectivity index (χ3v) is 6.86. The number of hydrogen-bond acceptors (Lipinski definition) is 5. The van der Waals surface area contributed by atoms with Gasteiger partial charge in [-0.15, -0.1) is 0 Å². The maximum absolute atomic E-state index is 13.5. The Balaban J connectivity index is 1.93. The third kappa shape index (κ3) is 6.17. The van der Waals surface area contributed by atoms with Gasteiger partial charge in [-0.25, -0.2) is 8.42 Å². The van der Waals surface area contributed by atoms with E-state index in [1.807, 2.05) is 0 Å². The molecule has 0 radical (unpaired) electrons. The maximum atomic E-state index is 13.5. The maximum Gasteiger partial charge on any atom is 0.416 e. The Morgan fingerprint density at radius 1 is 0.943 bits per heavy atom. The van der Waals surface area contributed by atoms with E-state index in [4.69, 9.17) is 21.1 Å². The SMILES string of the molecule is COc1ccc(S(=O)(=O)N(CC(=O)Nc2ccc(C(F)(F)F)cc2)c2ccc(Cl)cc2)cc1OC. The number of amides is 1. The molecule has 0 heterocycles. The van der Waals surface area contributed by atoms with Crippen molar-refractivity contribution in [1.29, 1.82) is 0 Å². The van der Waals surface area contributed by atoms with E-state index in [0.29, 0.717) is 10.8 Å². The molecule has 0 spiro atoms. The standard InChI is InChI=1S/C23H20ClF3N2O5S/c1-33-20-12-11-19(13-21(20)34-2)35(31,32)29(18-9-5-16(24)6-10-18)14-22(30)28-17-7-3-15(4-8-17)23(25,26)27/h3-13H,14H2,1-2H3,(H,28,30). The van der Waals surface area contributed by atoms with Gasteiger partial charge in [0.25, 0.3) is 10.0 Å². The summed E-state index contributed by atoms with van der Waals surface area (Å²) in [7, 11) is -1.54. The van der Waals surface area contributed by atoms with Crippen LogP contribution in [0.1, 0.15) is 5.56 Å². The van der Waals surface area contributed by atoms with E-state index in [1.165, 1.54) is 56.7 Å². The number of benzene rings is 3. The lowest BCUT2D eigenvalue weighted by atomic mass is 10.2. The summed E-state index contributed by atoms with van der Waals surface area (Å²) in [4.78, 5) is 12.6. The Hall–Kier alpha value is -3.44. The van der Waals surface area contributed by atoms with Crippen LogP contribution < -0.4 is 19.1 Å². The zero-order valence-corrected chi connectivity index (χ0v) is 20.0. The van der Waals surface area contributed by atoms with Crippen molar-refractivity contribution in [3.63, 3.8) is 0 Å². The second-order valence-electron chi connectivity index (χ2n) is 7.13. The molecule has 186 valence electrons. The molecule has 1 amide bonds. The summed E-state index contributed by atoms with van der Waals surface area (Å²) in [6.07, 6.45) is -4.53. The fourth-order valence-corrected chi connectivity index (χ4v) is 4.66. The molecule has 3 rings (SSSR count). The average molecular weight is 529 g/mol. The number of hydrogen-bond donors (Lipinski definition) is 1. The van der Waals surface area contributed by atoms with Crippen molar-refractivity contribution in [1.82, 2.24) is 0 Å². The number of carbonyl (C=O) groups excluding carboxylic acids is 1. The van der Waals surface area contributed by atoms with Gasteiger partial charge in [-0.1, -0.05) is 11.6 Å². The number of ether oxygens (including phenoxy) is 2. The molecular formula is C23H20ClF3N2O5S. The van der Waals surface area contributed by atoms with Crippen LogP contribution in [0.2, 0.25) is 5.02 Å². The number of rotatable bonds is 8. The summed E-state index contributed by atoms with van der Waals surface area (Å²) in [5.41, 5.74) is -0.663. The predicted octanol–water partition coefficient (Wildman–Crippen LogP) is 5.21. The van der Waals surface area contributed by atoms with Crippen LogP contribution in [0.25, 0.3) is 0 Å². The molecule has 0 aliphatic rings. The van der Waals surface area contributed by atoms with E-state index in [9.17, 15) is 26.4 Å². The molecule has 7 nitrogen and oxygen atoms in total. The first-order valence-corrected chi connectivity index (χ1v) is 11.7. The topological polar surface area (TPSA) is 84.9 Å². The van der Waals surface area contributed by atoms with Gasteiger partial charge >= 0.3 is 6.18 Å². The van der Waals surface area contributed by atoms with Crippen LogP contribution in [-0.4, -0.2) is 35.1 Å². The van der Waals surface area contributed by atoms with Gasteiger partial charge in [0.1, 0.15) is 6.54 Å². The summed E-state index contributed by atoms with van der Waals surface area (Å²) in [6.45, 7) is -0.667. The number of alkyl halides is 3. The Morgan fingerprint density at radius 2 is 1.54 bits per heavy atom. The molecule has 0 aliphatic heterocycles. The minimum Gasteiger partial charge on any atom is -0.493 e. The summed E-state index contributed by atoms with van der Waals surface area (Å²) in [5, 5.41) is 2.77. The summed E-state index contributed by atoms with van der Waals surface area (Å²) in [6, 6.07) is 13.5. The van der Waals surface area contributed by atoms with Gasteiger partial charge in [-0.05, 0) is 60.7 Å². The van der Waals surface area contributed by atoms with Crippen molar-refractivity contribution >= 4 is 38.9 Å². The molecule has 0 aromatic heterocycles. The normalized spacial score (nSPS) is 11.6. The number of sulfonamides is 1. The number of nitrogens with one attached hydrogen (secondary N) is 1. The van der Waals surface area contributed by atoms with Crippen LogP contribution in [0.4, 0.5) is 24.5 Å². The summed E-state index contributed by atoms with van der Waals surface area (Å²) >= 11 is 5.92. The molecule has 3 aromatic carbocycles. The lowest BCUT2D eigenvalue weighted by Crippen LogP contribution is -2.38. The van der Waals surface area contributed by atoms with Crippen LogP contribution in [0, 0.1) is 0 Å². The summed E-state index contributed by atoms with van der Waals surface area (Å²) in [5.74, 6) is -0.299. The minimum atomic E-state index is -4.53. The van der Waals surface area contributed by atoms with Gasteiger partial charge in [-0.2, -0.15) is 13.2 Å². The highest BCUT2D eigenvalue weighted by Crippen LogP contribution is 2.33. The molecule has 0 bridgehead atoms. The molecule has 0 fully saturated rings. The van der Waals surface area contributed by atoms with Gasteiger partial charge in [0.05, 0.1) is 30.4 Å². The van der Waals surface area contributed by atoms with Crippen molar-refractivity contribution in [2.75, 3.05) is 30.4 Å². The highest BCUT2D eigenvalue weighted by Gasteiger charge is 2.31. The van der Waals surface area contributed by atoms with Crippen molar-refractivity contribution in [3.05, 3.63) is 77.3 Å². The monoisotopic (exact) mass is 528 g/mol. The first-order chi connectivity index (χ1) is 16.5. The van der Waals surface area contributed by atoms with Gasteiger partial charge in [-0.3, -0.25) is 9.10 Å². The molecule has 3 aromatic rings. The van der Waals surface area contributed by atoms with Crippen molar-refractivity contribution in [3.8, 4) is 11.5 Å². The Bertz CT molecular complexity index is 1300. The molecule has 0 atom stereocenters. The van der Waals surface area contributed by atoms with E-state index >= 15 is 0 Å². The number of halogens is 4. The predicted molar refractivity (Wildman–Crippen MR) is 126 cm³/mol. The van der Waals surface area contributed by atoms with Crippen LogP contribution in [-0.2, 0) is 21.0 Å². The van der Waals surface area contributed by atoms with Gasteiger partial charge in [0.15, 0.2) is 11.5 Å². The molecular weight excluding hydrogens is 509 g/mol. The zero-order valence-electron chi connectivity index (χ0n) is 18.5. The van der Waals surface area contributed by atoms with E-state index in [2.05, 4.69) is 5.32 Å². The van der Waals surface area contributed by atoms with Crippen molar-refractivity contribution in [2.45, 2.75) is 11.1 Å². The molecule has 0 unspecified atom stereocenters. The quantitative estimate of drug-likeness (QED) is 0.434. The number of nitrogens with zero attached hydrogens (tertiary/aromatic N) is 1. The average Bonchev–Trinajstić information content (AvgIpc) is 2.82. The van der Waals surface area contributed by atoms with Crippen LogP contribution in [0.5, 0.6) is 11.5 Å². The van der Waals surface area contributed by atoms with Crippen LogP contribution in [0.3, 0.4) is 0 Å². The number of methoxy groups -OCH3 is 2. The number of anilines is 2. The van der Waals surface area contributed by atoms with Crippen molar-refractivity contribution < 1.29 is 35.9 Å². The Labute approximate surface area is 205 Å². The van der Waals surface area contributed by atoms with Gasteiger partial charge in [0, 0.05) is 16.8 Å².